The van der Waals surface area contributed by atoms with E-state index >= 15 is 0 Å². The fourth-order valence-electron chi connectivity index (χ4n) is 1.78. The maximum atomic E-state index is 5.84. The number of hydrogen-bond donors (Lipinski definition) is 2. The number of hydrogen-bond acceptors (Lipinski definition) is 1. The first-order valence-corrected chi connectivity index (χ1v) is 5.46. The van der Waals surface area contributed by atoms with E-state index in [0.29, 0.717) is 5.92 Å². The standard InChI is InChI=1S/C13H18N2/c1-8(2)10-4-5-12-11(6-10)7-13(15-12)9(3)14/h4-9,15H,14H2,1-3H3. The molecule has 1 heterocycles. The van der Waals surface area contributed by atoms with Crippen molar-refractivity contribution >= 4 is 10.9 Å². The van der Waals surface area contributed by atoms with Gasteiger partial charge in [-0.25, -0.2) is 0 Å². The number of fused-ring (bicyclic) bond motifs is 1. The van der Waals surface area contributed by atoms with Crippen molar-refractivity contribution in [1.29, 1.82) is 0 Å². The summed E-state index contributed by atoms with van der Waals surface area (Å²) in [5, 5.41) is 1.26. The number of aromatic amines is 1. The molecular weight excluding hydrogens is 184 g/mol. The summed E-state index contributed by atoms with van der Waals surface area (Å²) < 4.78 is 0. The molecule has 2 aromatic rings. The molecule has 3 N–H and O–H groups in total. The summed E-state index contributed by atoms with van der Waals surface area (Å²) in [7, 11) is 0. The van der Waals surface area contributed by atoms with Crippen LogP contribution in [0.3, 0.4) is 0 Å². The molecule has 0 aliphatic carbocycles. The van der Waals surface area contributed by atoms with Crippen LogP contribution in [0, 0.1) is 0 Å². The van der Waals surface area contributed by atoms with Crippen molar-refractivity contribution in [3.63, 3.8) is 0 Å². The van der Waals surface area contributed by atoms with Crippen LogP contribution in [0.5, 0.6) is 0 Å². The van der Waals surface area contributed by atoms with Crippen LogP contribution in [0.15, 0.2) is 24.3 Å². The van der Waals surface area contributed by atoms with Gasteiger partial charge in [-0.2, -0.15) is 0 Å². The van der Waals surface area contributed by atoms with Gasteiger partial charge in [-0.05, 0) is 42.0 Å². The van der Waals surface area contributed by atoms with E-state index in [0.717, 1.165) is 5.69 Å². The first kappa shape index (κ1) is 10.2. The molecular formula is C13H18N2. The molecule has 0 fully saturated rings. The highest BCUT2D eigenvalue weighted by Crippen LogP contribution is 2.23. The Morgan fingerprint density at radius 2 is 1.87 bits per heavy atom. The number of nitrogens with two attached hydrogens (primary N) is 1. The van der Waals surface area contributed by atoms with Crippen LogP contribution in [-0.4, -0.2) is 4.98 Å². The van der Waals surface area contributed by atoms with Crippen molar-refractivity contribution in [3.05, 3.63) is 35.5 Å². The van der Waals surface area contributed by atoms with Crippen LogP contribution in [0.1, 0.15) is 44.0 Å². The number of aromatic nitrogens is 1. The van der Waals surface area contributed by atoms with Crippen LogP contribution in [0.4, 0.5) is 0 Å². The van der Waals surface area contributed by atoms with Crippen LogP contribution in [0.25, 0.3) is 10.9 Å². The monoisotopic (exact) mass is 202 g/mol. The van der Waals surface area contributed by atoms with E-state index in [9.17, 15) is 0 Å². The van der Waals surface area contributed by atoms with Gasteiger partial charge in [-0.15, -0.1) is 0 Å². The molecule has 2 nitrogen and oxygen atoms in total. The molecule has 0 saturated carbocycles. The van der Waals surface area contributed by atoms with Gasteiger partial charge < -0.3 is 10.7 Å². The molecule has 80 valence electrons. The van der Waals surface area contributed by atoms with E-state index in [1.807, 2.05) is 6.92 Å². The largest absolute Gasteiger partial charge is 0.357 e. The molecule has 0 spiro atoms. The summed E-state index contributed by atoms with van der Waals surface area (Å²) in [5.41, 5.74) is 9.49. The van der Waals surface area contributed by atoms with E-state index in [-0.39, 0.29) is 6.04 Å². The Hall–Kier alpha value is -1.28. The fourth-order valence-corrected chi connectivity index (χ4v) is 1.78. The molecule has 15 heavy (non-hydrogen) atoms. The van der Waals surface area contributed by atoms with E-state index in [4.69, 9.17) is 5.73 Å². The van der Waals surface area contributed by atoms with Crippen LogP contribution in [0.2, 0.25) is 0 Å². The van der Waals surface area contributed by atoms with Gasteiger partial charge in [0.25, 0.3) is 0 Å². The zero-order chi connectivity index (χ0) is 11.0. The van der Waals surface area contributed by atoms with Crippen molar-refractivity contribution in [1.82, 2.24) is 4.98 Å². The number of benzene rings is 1. The van der Waals surface area contributed by atoms with Crippen LogP contribution < -0.4 is 5.73 Å². The number of H-pyrrole nitrogens is 1. The highest BCUT2D eigenvalue weighted by molar-refractivity contribution is 5.81. The molecule has 0 radical (unpaired) electrons. The summed E-state index contributed by atoms with van der Waals surface area (Å²) >= 11 is 0. The molecule has 1 aromatic heterocycles. The molecule has 0 aliphatic rings. The van der Waals surface area contributed by atoms with E-state index in [2.05, 4.69) is 43.1 Å². The molecule has 1 unspecified atom stereocenters. The molecule has 0 aliphatic heterocycles. The van der Waals surface area contributed by atoms with Gasteiger partial charge in [0.15, 0.2) is 0 Å². The minimum atomic E-state index is 0.0694. The van der Waals surface area contributed by atoms with Gasteiger partial charge in [0.05, 0.1) is 0 Å². The summed E-state index contributed by atoms with van der Waals surface area (Å²) in [6.45, 7) is 6.41. The van der Waals surface area contributed by atoms with Crippen molar-refractivity contribution in [2.45, 2.75) is 32.7 Å². The average Bonchev–Trinajstić information content (AvgIpc) is 2.59. The topological polar surface area (TPSA) is 41.8 Å². The van der Waals surface area contributed by atoms with Crippen LogP contribution in [-0.2, 0) is 0 Å². The van der Waals surface area contributed by atoms with E-state index in [1.54, 1.807) is 0 Å². The quantitative estimate of drug-likeness (QED) is 0.770. The lowest BCUT2D eigenvalue weighted by molar-refractivity contribution is 0.792. The summed E-state index contributed by atoms with van der Waals surface area (Å²) in [6, 6.07) is 8.76. The Kier molecular flexibility index (Phi) is 2.53. The van der Waals surface area contributed by atoms with Gasteiger partial charge in [0, 0.05) is 17.3 Å². The third kappa shape index (κ3) is 1.90. The second-order valence-corrected chi connectivity index (χ2v) is 4.51. The smallest absolute Gasteiger partial charge is 0.0456 e. The van der Waals surface area contributed by atoms with E-state index in [1.165, 1.54) is 16.5 Å². The fraction of sp³-hybridized carbons (Fsp3) is 0.385. The Morgan fingerprint density at radius 1 is 1.13 bits per heavy atom. The Balaban J connectivity index is 2.52. The highest BCUT2D eigenvalue weighted by Gasteiger charge is 2.06. The summed E-state index contributed by atoms with van der Waals surface area (Å²) in [6.07, 6.45) is 0. The zero-order valence-corrected chi connectivity index (χ0v) is 9.54. The number of nitrogens with one attached hydrogen (secondary N) is 1. The second kappa shape index (κ2) is 3.70. The maximum absolute atomic E-state index is 5.84. The molecule has 2 heteroatoms. The van der Waals surface area contributed by atoms with Crippen LogP contribution >= 0.6 is 0 Å². The third-order valence-corrected chi connectivity index (χ3v) is 2.82. The first-order chi connectivity index (χ1) is 7.08. The lowest BCUT2D eigenvalue weighted by atomic mass is 10.0. The summed E-state index contributed by atoms with van der Waals surface area (Å²) in [5.74, 6) is 0.572. The van der Waals surface area contributed by atoms with Crippen molar-refractivity contribution in [2.24, 2.45) is 5.73 Å². The van der Waals surface area contributed by atoms with Gasteiger partial charge in [0.1, 0.15) is 0 Å². The van der Waals surface area contributed by atoms with Gasteiger partial charge in [-0.3, -0.25) is 0 Å². The molecule has 1 atom stereocenters. The minimum absolute atomic E-state index is 0.0694. The Labute approximate surface area is 90.5 Å². The van der Waals surface area contributed by atoms with Crippen molar-refractivity contribution in [2.75, 3.05) is 0 Å². The Bertz CT molecular complexity index is 460. The predicted octanol–water partition coefficient (Wildman–Crippen LogP) is 3.31. The predicted molar refractivity (Wildman–Crippen MR) is 65.0 cm³/mol. The minimum Gasteiger partial charge on any atom is -0.357 e. The zero-order valence-electron chi connectivity index (χ0n) is 9.54. The molecule has 1 aromatic carbocycles. The van der Waals surface area contributed by atoms with E-state index < -0.39 is 0 Å². The lowest BCUT2D eigenvalue weighted by Gasteiger charge is -2.03. The van der Waals surface area contributed by atoms with Gasteiger partial charge >= 0.3 is 0 Å². The lowest BCUT2D eigenvalue weighted by Crippen LogP contribution is -2.04. The van der Waals surface area contributed by atoms with Crippen molar-refractivity contribution < 1.29 is 0 Å². The molecule has 0 bridgehead atoms. The summed E-state index contributed by atoms with van der Waals surface area (Å²) in [4.78, 5) is 3.34. The average molecular weight is 202 g/mol. The molecule has 2 rings (SSSR count). The molecule has 0 amide bonds. The SMILES string of the molecule is CC(C)c1ccc2[nH]c(C(C)N)cc2c1. The van der Waals surface area contributed by atoms with Gasteiger partial charge in [0.2, 0.25) is 0 Å². The second-order valence-electron chi connectivity index (χ2n) is 4.51. The molecule has 0 saturated heterocycles. The number of rotatable bonds is 2. The Morgan fingerprint density at radius 3 is 2.47 bits per heavy atom. The normalized spacial score (nSPS) is 13.7. The maximum Gasteiger partial charge on any atom is 0.0456 e. The third-order valence-electron chi connectivity index (χ3n) is 2.82. The van der Waals surface area contributed by atoms with Gasteiger partial charge in [-0.1, -0.05) is 19.9 Å². The first-order valence-electron chi connectivity index (χ1n) is 5.46. The van der Waals surface area contributed by atoms with Crippen molar-refractivity contribution in [3.8, 4) is 0 Å². The highest BCUT2D eigenvalue weighted by atomic mass is 14.8.